The average Bonchev–Trinajstić information content (AvgIpc) is 1.85. The summed E-state index contributed by atoms with van der Waals surface area (Å²) < 4.78 is 0. The van der Waals surface area contributed by atoms with E-state index in [9.17, 15) is 0 Å². The van der Waals surface area contributed by atoms with Gasteiger partial charge in [-0.2, -0.15) is 0 Å². The predicted molar refractivity (Wildman–Crippen MR) is 42.9 cm³/mol. The number of nitrogens with one attached hydrogen (secondary N) is 2. The van der Waals surface area contributed by atoms with Crippen LogP contribution in [0.4, 0.5) is 0 Å². The van der Waals surface area contributed by atoms with Crippen molar-refractivity contribution in [3.05, 3.63) is 0 Å². The number of hydrogen-bond acceptors (Lipinski definition) is 3. The highest BCUT2D eigenvalue weighted by Gasteiger charge is 2.31. The standard InChI is InChI=1S/C7H17N3/c1-2-3-9-4-7(8)5-10-6-7/h9-10H,2-6,8H2,1H3. The summed E-state index contributed by atoms with van der Waals surface area (Å²) in [4.78, 5) is 0. The van der Waals surface area contributed by atoms with Crippen molar-refractivity contribution < 1.29 is 0 Å². The van der Waals surface area contributed by atoms with E-state index in [2.05, 4.69) is 17.6 Å². The highest BCUT2D eigenvalue weighted by molar-refractivity contribution is 4.98. The fourth-order valence-electron chi connectivity index (χ4n) is 1.09. The van der Waals surface area contributed by atoms with E-state index in [1.54, 1.807) is 0 Å². The van der Waals surface area contributed by atoms with E-state index in [1.165, 1.54) is 6.42 Å². The Bertz CT molecular complexity index is 99.0. The Morgan fingerprint density at radius 1 is 1.60 bits per heavy atom. The first-order valence-corrected chi connectivity index (χ1v) is 3.97. The molecule has 60 valence electrons. The summed E-state index contributed by atoms with van der Waals surface area (Å²) in [6, 6.07) is 0. The van der Waals surface area contributed by atoms with Crippen molar-refractivity contribution in [2.45, 2.75) is 18.9 Å². The molecule has 1 heterocycles. The molecule has 10 heavy (non-hydrogen) atoms. The molecular weight excluding hydrogens is 126 g/mol. The molecule has 0 unspecified atom stereocenters. The normalized spacial score (nSPS) is 22.2. The summed E-state index contributed by atoms with van der Waals surface area (Å²) in [7, 11) is 0. The van der Waals surface area contributed by atoms with Gasteiger partial charge in [0.1, 0.15) is 0 Å². The van der Waals surface area contributed by atoms with E-state index in [1.807, 2.05) is 0 Å². The maximum absolute atomic E-state index is 5.92. The van der Waals surface area contributed by atoms with Crippen LogP contribution in [0, 0.1) is 0 Å². The van der Waals surface area contributed by atoms with Gasteiger partial charge < -0.3 is 16.4 Å². The Morgan fingerprint density at radius 2 is 2.30 bits per heavy atom. The van der Waals surface area contributed by atoms with Crippen LogP contribution in [-0.2, 0) is 0 Å². The van der Waals surface area contributed by atoms with Gasteiger partial charge in [-0.25, -0.2) is 0 Å². The van der Waals surface area contributed by atoms with Crippen molar-refractivity contribution in [2.75, 3.05) is 26.2 Å². The molecule has 3 heteroatoms. The first-order valence-electron chi connectivity index (χ1n) is 3.97. The molecule has 0 bridgehead atoms. The molecule has 0 amide bonds. The summed E-state index contributed by atoms with van der Waals surface area (Å²) in [5, 5.41) is 6.48. The molecule has 0 spiro atoms. The highest BCUT2D eigenvalue weighted by atomic mass is 15.1. The molecule has 0 radical (unpaired) electrons. The second-order valence-corrected chi connectivity index (χ2v) is 3.14. The third-order valence-corrected chi connectivity index (χ3v) is 1.86. The van der Waals surface area contributed by atoms with Gasteiger partial charge in [0, 0.05) is 19.6 Å². The average molecular weight is 143 g/mol. The Kier molecular flexibility index (Phi) is 2.65. The molecule has 0 aromatic heterocycles. The predicted octanol–water partition coefficient (Wildman–Crippen LogP) is -0.713. The van der Waals surface area contributed by atoms with Gasteiger partial charge in [-0.3, -0.25) is 0 Å². The number of hydrogen-bond donors (Lipinski definition) is 3. The minimum atomic E-state index is 0.0508. The lowest BCUT2D eigenvalue weighted by molar-refractivity contribution is 0.270. The van der Waals surface area contributed by atoms with Gasteiger partial charge in [-0.05, 0) is 13.0 Å². The molecular formula is C7H17N3. The lowest BCUT2D eigenvalue weighted by Crippen LogP contribution is -2.69. The SMILES string of the molecule is CCCNCC1(N)CNC1. The van der Waals surface area contributed by atoms with Gasteiger partial charge >= 0.3 is 0 Å². The van der Waals surface area contributed by atoms with Crippen molar-refractivity contribution in [1.29, 1.82) is 0 Å². The van der Waals surface area contributed by atoms with Crippen LogP contribution in [0.1, 0.15) is 13.3 Å². The third kappa shape index (κ3) is 1.94. The fraction of sp³-hybridized carbons (Fsp3) is 1.00. The molecule has 0 atom stereocenters. The minimum absolute atomic E-state index is 0.0508. The number of rotatable bonds is 4. The van der Waals surface area contributed by atoms with Gasteiger partial charge in [-0.15, -0.1) is 0 Å². The van der Waals surface area contributed by atoms with Crippen LogP contribution in [0.5, 0.6) is 0 Å². The van der Waals surface area contributed by atoms with E-state index in [-0.39, 0.29) is 5.54 Å². The molecule has 0 aromatic carbocycles. The maximum atomic E-state index is 5.92. The summed E-state index contributed by atoms with van der Waals surface area (Å²) >= 11 is 0. The lowest BCUT2D eigenvalue weighted by atomic mass is 9.94. The van der Waals surface area contributed by atoms with Crippen LogP contribution in [0.15, 0.2) is 0 Å². The lowest BCUT2D eigenvalue weighted by Gasteiger charge is -2.39. The molecule has 1 saturated heterocycles. The number of nitrogens with two attached hydrogens (primary N) is 1. The molecule has 1 aliphatic rings. The van der Waals surface area contributed by atoms with Gasteiger partial charge in [0.05, 0.1) is 5.54 Å². The fourth-order valence-corrected chi connectivity index (χ4v) is 1.09. The minimum Gasteiger partial charge on any atom is -0.322 e. The smallest absolute Gasteiger partial charge is 0.0533 e. The van der Waals surface area contributed by atoms with Crippen LogP contribution in [0.2, 0.25) is 0 Å². The molecule has 0 saturated carbocycles. The topological polar surface area (TPSA) is 50.1 Å². The van der Waals surface area contributed by atoms with Crippen LogP contribution in [0.3, 0.4) is 0 Å². The summed E-state index contributed by atoms with van der Waals surface area (Å²) in [5.41, 5.74) is 5.97. The Labute approximate surface area is 62.4 Å². The second-order valence-electron chi connectivity index (χ2n) is 3.14. The first-order chi connectivity index (χ1) is 4.77. The van der Waals surface area contributed by atoms with E-state index in [4.69, 9.17) is 5.73 Å². The first kappa shape index (κ1) is 7.98. The van der Waals surface area contributed by atoms with Crippen LogP contribution >= 0.6 is 0 Å². The van der Waals surface area contributed by atoms with E-state index < -0.39 is 0 Å². The summed E-state index contributed by atoms with van der Waals surface area (Å²) in [5.74, 6) is 0. The zero-order valence-corrected chi connectivity index (χ0v) is 6.61. The zero-order chi connectivity index (χ0) is 7.45. The molecule has 0 aliphatic carbocycles. The highest BCUT2D eigenvalue weighted by Crippen LogP contribution is 2.03. The third-order valence-electron chi connectivity index (χ3n) is 1.86. The van der Waals surface area contributed by atoms with Crippen molar-refractivity contribution in [3.8, 4) is 0 Å². The summed E-state index contributed by atoms with van der Waals surface area (Å²) in [6.07, 6.45) is 1.18. The van der Waals surface area contributed by atoms with Crippen molar-refractivity contribution in [3.63, 3.8) is 0 Å². The van der Waals surface area contributed by atoms with Gasteiger partial charge in [0.25, 0.3) is 0 Å². The van der Waals surface area contributed by atoms with Crippen LogP contribution in [-0.4, -0.2) is 31.7 Å². The monoisotopic (exact) mass is 143 g/mol. The zero-order valence-electron chi connectivity index (χ0n) is 6.61. The second kappa shape index (κ2) is 3.32. The van der Waals surface area contributed by atoms with Gasteiger partial charge in [0.15, 0.2) is 0 Å². The van der Waals surface area contributed by atoms with Crippen molar-refractivity contribution in [2.24, 2.45) is 5.73 Å². The molecule has 1 aliphatic heterocycles. The van der Waals surface area contributed by atoms with Gasteiger partial charge in [0.2, 0.25) is 0 Å². The molecule has 4 N–H and O–H groups in total. The van der Waals surface area contributed by atoms with Gasteiger partial charge in [-0.1, -0.05) is 6.92 Å². The van der Waals surface area contributed by atoms with E-state index in [0.29, 0.717) is 0 Å². The largest absolute Gasteiger partial charge is 0.322 e. The quantitative estimate of drug-likeness (QED) is 0.456. The van der Waals surface area contributed by atoms with Crippen LogP contribution in [0.25, 0.3) is 0 Å². The molecule has 3 nitrogen and oxygen atoms in total. The molecule has 1 rings (SSSR count). The van der Waals surface area contributed by atoms with Crippen molar-refractivity contribution >= 4 is 0 Å². The molecule has 1 fully saturated rings. The van der Waals surface area contributed by atoms with E-state index >= 15 is 0 Å². The Balaban J connectivity index is 2.01. The Morgan fingerprint density at radius 3 is 2.70 bits per heavy atom. The maximum Gasteiger partial charge on any atom is 0.0533 e. The molecule has 0 aromatic rings. The van der Waals surface area contributed by atoms with Crippen molar-refractivity contribution in [1.82, 2.24) is 10.6 Å². The van der Waals surface area contributed by atoms with Crippen LogP contribution < -0.4 is 16.4 Å². The summed E-state index contributed by atoms with van der Waals surface area (Å²) in [6.45, 7) is 6.12. The van der Waals surface area contributed by atoms with E-state index in [0.717, 1.165) is 26.2 Å². The Hall–Kier alpha value is -0.120.